The van der Waals surface area contributed by atoms with E-state index in [0.717, 1.165) is 28.2 Å². The van der Waals surface area contributed by atoms with E-state index >= 15 is 0 Å². The Balaban J connectivity index is 1.50. The van der Waals surface area contributed by atoms with Gasteiger partial charge in [-0.05, 0) is 44.5 Å². The zero-order valence-electron chi connectivity index (χ0n) is 16.7. The molecule has 3 aliphatic heterocycles. The minimum absolute atomic E-state index is 0.108. The number of aryl methyl sites for hydroxylation is 1. The van der Waals surface area contributed by atoms with Crippen LogP contribution in [0.3, 0.4) is 0 Å². The molecule has 4 nitrogen and oxygen atoms in total. The number of phenolic OH excluding ortho intramolecular Hbond substituents is 1. The maximum Gasteiger partial charge on any atom is 0.138 e. The molecule has 0 saturated heterocycles. The second-order valence-electron chi connectivity index (χ2n) is 8.73. The SMILES string of the molecule is Cc1ccc2c(c1)-c1cc3c(cc1OC2(C)C)O[C@H]1c2ccc(O)cc2OC[C@@H]31. The van der Waals surface area contributed by atoms with Gasteiger partial charge in [0.25, 0.3) is 0 Å². The van der Waals surface area contributed by atoms with Crippen molar-refractivity contribution in [1.82, 2.24) is 0 Å². The summed E-state index contributed by atoms with van der Waals surface area (Å²) in [6.45, 7) is 6.86. The van der Waals surface area contributed by atoms with Crippen LogP contribution in [0.5, 0.6) is 23.0 Å². The summed E-state index contributed by atoms with van der Waals surface area (Å²) in [5.41, 5.74) is 6.51. The molecule has 0 aromatic heterocycles. The van der Waals surface area contributed by atoms with Gasteiger partial charge < -0.3 is 19.3 Å². The first-order valence-electron chi connectivity index (χ1n) is 10.0. The topological polar surface area (TPSA) is 47.9 Å². The summed E-state index contributed by atoms with van der Waals surface area (Å²) in [5, 5.41) is 9.77. The zero-order valence-corrected chi connectivity index (χ0v) is 16.7. The van der Waals surface area contributed by atoms with E-state index in [0.29, 0.717) is 12.4 Å². The number of benzene rings is 3. The second-order valence-corrected chi connectivity index (χ2v) is 8.73. The smallest absolute Gasteiger partial charge is 0.138 e. The van der Waals surface area contributed by atoms with Crippen molar-refractivity contribution in [2.24, 2.45) is 0 Å². The first-order valence-corrected chi connectivity index (χ1v) is 10.0. The molecule has 3 aromatic carbocycles. The molecule has 0 amide bonds. The summed E-state index contributed by atoms with van der Waals surface area (Å²) in [4.78, 5) is 0. The molecule has 3 aliphatic rings. The molecule has 0 aliphatic carbocycles. The molecule has 2 atom stereocenters. The first-order chi connectivity index (χ1) is 13.9. The van der Waals surface area contributed by atoms with Crippen molar-refractivity contribution in [3.63, 3.8) is 0 Å². The average molecular weight is 386 g/mol. The molecule has 0 unspecified atom stereocenters. The van der Waals surface area contributed by atoms with Crippen molar-refractivity contribution in [2.45, 2.75) is 38.4 Å². The molecule has 3 aromatic rings. The van der Waals surface area contributed by atoms with Gasteiger partial charge in [0.15, 0.2) is 0 Å². The van der Waals surface area contributed by atoms with Crippen LogP contribution in [0.2, 0.25) is 0 Å². The van der Waals surface area contributed by atoms with Crippen molar-refractivity contribution >= 4 is 0 Å². The Morgan fingerprint density at radius 2 is 1.76 bits per heavy atom. The van der Waals surface area contributed by atoms with Crippen LogP contribution in [0.1, 0.15) is 48.1 Å². The fourth-order valence-electron chi connectivity index (χ4n) is 4.90. The third-order valence-electron chi connectivity index (χ3n) is 6.33. The highest BCUT2D eigenvalue weighted by atomic mass is 16.5. The fraction of sp³-hybridized carbons (Fsp3) is 0.280. The van der Waals surface area contributed by atoms with Gasteiger partial charge in [0, 0.05) is 34.4 Å². The Hall–Kier alpha value is -3.14. The molecule has 0 radical (unpaired) electrons. The summed E-state index contributed by atoms with van der Waals surface area (Å²) in [5.74, 6) is 2.74. The second kappa shape index (κ2) is 5.47. The number of rotatable bonds is 0. The first kappa shape index (κ1) is 16.8. The van der Waals surface area contributed by atoms with Gasteiger partial charge in [-0.2, -0.15) is 0 Å². The van der Waals surface area contributed by atoms with E-state index in [9.17, 15) is 5.11 Å². The van der Waals surface area contributed by atoms with E-state index in [1.807, 2.05) is 12.1 Å². The third kappa shape index (κ3) is 2.32. The van der Waals surface area contributed by atoms with Gasteiger partial charge in [-0.25, -0.2) is 0 Å². The Morgan fingerprint density at radius 1 is 0.897 bits per heavy atom. The number of ether oxygens (including phenoxy) is 3. The molecule has 0 fully saturated rings. The number of phenols is 1. The van der Waals surface area contributed by atoms with Gasteiger partial charge in [0.2, 0.25) is 0 Å². The van der Waals surface area contributed by atoms with Crippen LogP contribution < -0.4 is 14.2 Å². The van der Waals surface area contributed by atoms with Crippen LogP contribution >= 0.6 is 0 Å². The van der Waals surface area contributed by atoms with Crippen LogP contribution in [0.4, 0.5) is 0 Å². The molecule has 0 saturated carbocycles. The number of fused-ring (bicyclic) bond motifs is 8. The largest absolute Gasteiger partial charge is 0.508 e. The summed E-state index contributed by atoms with van der Waals surface area (Å²) >= 11 is 0. The van der Waals surface area contributed by atoms with Gasteiger partial charge in [-0.15, -0.1) is 0 Å². The molecular weight excluding hydrogens is 364 g/mol. The maximum atomic E-state index is 9.77. The normalized spacial score (nSPS) is 22.0. The van der Waals surface area contributed by atoms with Crippen LogP contribution in [0.25, 0.3) is 11.1 Å². The quantitative estimate of drug-likeness (QED) is 0.546. The highest BCUT2D eigenvalue weighted by Crippen LogP contribution is 2.56. The Kier molecular flexibility index (Phi) is 3.17. The molecule has 3 heterocycles. The summed E-state index contributed by atoms with van der Waals surface area (Å²) in [6.07, 6.45) is -0.108. The standard InChI is InChI=1S/C25H22O4/c1-13-4-7-20-16(8-13)17-10-18-19-12-27-21-9-14(26)5-6-15(21)24(19)28-22(18)11-23(17)29-25(20,2)3/h4-11,19,24,26H,12H2,1-3H3/t19-,24-/m0/s1. The van der Waals surface area contributed by atoms with E-state index < -0.39 is 5.60 Å². The Morgan fingerprint density at radius 3 is 2.62 bits per heavy atom. The van der Waals surface area contributed by atoms with Crippen molar-refractivity contribution in [3.05, 3.63) is 70.8 Å². The minimum Gasteiger partial charge on any atom is -0.508 e. The van der Waals surface area contributed by atoms with Crippen molar-refractivity contribution in [3.8, 4) is 34.1 Å². The van der Waals surface area contributed by atoms with Crippen molar-refractivity contribution < 1.29 is 19.3 Å². The lowest BCUT2D eigenvalue weighted by molar-refractivity contribution is 0.105. The summed E-state index contributed by atoms with van der Waals surface area (Å²) < 4.78 is 18.8. The molecule has 0 spiro atoms. The summed E-state index contributed by atoms with van der Waals surface area (Å²) in [6, 6.07) is 16.1. The molecule has 4 heteroatoms. The highest BCUT2D eigenvalue weighted by molar-refractivity contribution is 5.79. The highest BCUT2D eigenvalue weighted by Gasteiger charge is 2.43. The molecule has 0 bridgehead atoms. The number of aromatic hydroxyl groups is 1. The van der Waals surface area contributed by atoms with Crippen molar-refractivity contribution in [1.29, 1.82) is 0 Å². The van der Waals surface area contributed by atoms with Gasteiger partial charge in [-0.1, -0.05) is 23.8 Å². The Bertz CT molecular complexity index is 1180. The van der Waals surface area contributed by atoms with Crippen LogP contribution in [-0.4, -0.2) is 11.7 Å². The average Bonchev–Trinajstić information content (AvgIpc) is 3.03. The number of hydrogen-bond donors (Lipinski definition) is 1. The lowest BCUT2D eigenvalue weighted by atomic mass is 9.83. The molecule has 6 rings (SSSR count). The monoisotopic (exact) mass is 386 g/mol. The van der Waals surface area contributed by atoms with Gasteiger partial charge >= 0.3 is 0 Å². The third-order valence-corrected chi connectivity index (χ3v) is 6.33. The van der Waals surface area contributed by atoms with Gasteiger partial charge in [0.05, 0.1) is 12.5 Å². The lowest BCUT2D eigenvalue weighted by Gasteiger charge is -2.35. The van der Waals surface area contributed by atoms with E-state index in [1.54, 1.807) is 12.1 Å². The summed E-state index contributed by atoms with van der Waals surface area (Å²) in [7, 11) is 0. The van der Waals surface area contributed by atoms with E-state index in [-0.39, 0.29) is 17.8 Å². The van der Waals surface area contributed by atoms with E-state index in [1.165, 1.54) is 16.7 Å². The molecule has 146 valence electrons. The van der Waals surface area contributed by atoms with Crippen LogP contribution in [0.15, 0.2) is 48.5 Å². The van der Waals surface area contributed by atoms with Crippen molar-refractivity contribution in [2.75, 3.05) is 6.61 Å². The Labute approximate surface area is 169 Å². The van der Waals surface area contributed by atoms with Gasteiger partial charge in [-0.3, -0.25) is 0 Å². The number of hydrogen-bond acceptors (Lipinski definition) is 4. The fourth-order valence-corrected chi connectivity index (χ4v) is 4.90. The predicted octanol–water partition coefficient (Wildman–Crippen LogP) is 5.60. The lowest BCUT2D eigenvalue weighted by Crippen LogP contribution is -2.29. The zero-order chi connectivity index (χ0) is 19.9. The van der Waals surface area contributed by atoms with E-state index in [2.05, 4.69) is 45.0 Å². The maximum absolute atomic E-state index is 9.77. The minimum atomic E-state index is -0.400. The van der Waals surface area contributed by atoms with Crippen LogP contribution in [-0.2, 0) is 5.60 Å². The van der Waals surface area contributed by atoms with Gasteiger partial charge in [0.1, 0.15) is 34.7 Å². The molecular formula is C25H22O4. The molecule has 29 heavy (non-hydrogen) atoms. The van der Waals surface area contributed by atoms with E-state index in [4.69, 9.17) is 14.2 Å². The van der Waals surface area contributed by atoms with Crippen LogP contribution in [0, 0.1) is 6.92 Å². The predicted molar refractivity (Wildman–Crippen MR) is 110 cm³/mol. The molecule has 1 N–H and O–H groups in total.